The van der Waals surface area contributed by atoms with Crippen LogP contribution >= 0.6 is 0 Å². The lowest BCUT2D eigenvalue weighted by atomic mass is 9.77. The highest BCUT2D eigenvalue weighted by molar-refractivity contribution is 6.00. The molecule has 1 atom stereocenters. The van der Waals surface area contributed by atoms with E-state index in [1.807, 2.05) is 12.1 Å². The van der Waals surface area contributed by atoms with Gasteiger partial charge in [0.15, 0.2) is 5.78 Å². The van der Waals surface area contributed by atoms with Crippen LogP contribution < -0.4 is 15.8 Å². The average Bonchev–Trinajstić information content (AvgIpc) is 2.73. The maximum Gasteiger partial charge on any atom is 0.258 e. The number of ketones is 1. The monoisotopic (exact) mass is 377 g/mol. The highest BCUT2D eigenvalue weighted by Crippen LogP contribution is 2.43. The van der Waals surface area contributed by atoms with Crippen molar-refractivity contribution in [3.63, 3.8) is 0 Å². The minimum atomic E-state index is -0.395. The molecule has 0 aromatic carbocycles. The van der Waals surface area contributed by atoms with Crippen molar-refractivity contribution in [2.45, 2.75) is 44.4 Å². The SMILES string of the molecule is O=C1CCCC2=C1[C@H](c1ccncc1)c1c(nc(N3CCCCC3)[nH]c1=O)N2. The van der Waals surface area contributed by atoms with Gasteiger partial charge in [-0.2, -0.15) is 4.98 Å². The molecule has 1 saturated heterocycles. The normalized spacial score (nSPS) is 21.8. The van der Waals surface area contributed by atoms with Crippen molar-refractivity contribution in [2.75, 3.05) is 23.3 Å². The summed E-state index contributed by atoms with van der Waals surface area (Å²) in [5.74, 6) is 0.921. The van der Waals surface area contributed by atoms with Gasteiger partial charge in [0, 0.05) is 49.1 Å². The summed E-state index contributed by atoms with van der Waals surface area (Å²) in [5.41, 5.74) is 2.88. The molecular weight excluding hydrogens is 354 g/mol. The van der Waals surface area contributed by atoms with E-state index in [-0.39, 0.29) is 11.3 Å². The first kappa shape index (κ1) is 17.2. The van der Waals surface area contributed by atoms with Crippen molar-refractivity contribution >= 4 is 17.5 Å². The number of hydrogen-bond acceptors (Lipinski definition) is 6. The van der Waals surface area contributed by atoms with Crippen LogP contribution in [0.1, 0.15) is 55.6 Å². The molecule has 0 bridgehead atoms. The Hall–Kier alpha value is -2.96. The summed E-state index contributed by atoms with van der Waals surface area (Å²) in [6.45, 7) is 1.81. The first-order valence-corrected chi connectivity index (χ1v) is 10.0. The van der Waals surface area contributed by atoms with Crippen LogP contribution in [-0.4, -0.2) is 33.8 Å². The van der Waals surface area contributed by atoms with Crippen LogP contribution in [0.15, 0.2) is 40.6 Å². The lowest BCUT2D eigenvalue weighted by Gasteiger charge is -2.34. The molecule has 7 nitrogen and oxygen atoms in total. The van der Waals surface area contributed by atoms with Crippen LogP contribution in [0, 0.1) is 0 Å². The molecule has 4 heterocycles. The summed E-state index contributed by atoms with van der Waals surface area (Å²) < 4.78 is 0. The zero-order valence-corrected chi connectivity index (χ0v) is 15.7. The molecule has 1 aliphatic carbocycles. The standard InChI is InChI=1S/C21H23N5O2/c27-15-6-4-5-14-17(15)16(13-7-9-22-10-8-13)18-19(23-14)24-21(25-20(18)28)26-11-2-1-3-12-26/h7-10,16H,1-6,11-12H2,(H2,23,24,25,28)/t16-/m0/s1. The van der Waals surface area contributed by atoms with Gasteiger partial charge in [0.05, 0.1) is 5.56 Å². The molecule has 0 spiro atoms. The first-order valence-electron chi connectivity index (χ1n) is 10.0. The van der Waals surface area contributed by atoms with Crippen LogP contribution in [0.5, 0.6) is 0 Å². The van der Waals surface area contributed by atoms with E-state index in [1.54, 1.807) is 12.4 Å². The fraction of sp³-hybridized carbons (Fsp3) is 0.429. The summed E-state index contributed by atoms with van der Waals surface area (Å²) in [7, 11) is 0. The molecule has 2 aromatic rings. The molecular formula is C21H23N5O2. The summed E-state index contributed by atoms with van der Waals surface area (Å²) in [4.78, 5) is 40.0. The van der Waals surface area contributed by atoms with Gasteiger partial charge < -0.3 is 10.2 Å². The Morgan fingerprint density at radius 2 is 1.79 bits per heavy atom. The van der Waals surface area contributed by atoms with Gasteiger partial charge in [-0.15, -0.1) is 0 Å². The largest absolute Gasteiger partial charge is 0.343 e. The Bertz CT molecular complexity index is 1010. The van der Waals surface area contributed by atoms with Crippen LogP contribution in [0.4, 0.5) is 11.8 Å². The van der Waals surface area contributed by atoms with E-state index >= 15 is 0 Å². The zero-order chi connectivity index (χ0) is 19.1. The van der Waals surface area contributed by atoms with Crippen LogP contribution in [-0.2, 0) is 4.79 Å². The number of allylic oxidation sites excluding steroid dienone is 2. The van der Waals surface area contributed by atoms with Crippen LogP contribution in [0.3, 0.4) is 0 Å². The first-order chi connectivity index (χ1) is 13.7. The summed E-state index contributed by atoms with van der Waals surface area (Å²) in [5, 5.41) is 3.33. The lowest BCUT2D eigenvalue weighted by Crippen LogP contribution is -2.36. The Kier molecular flexibility index (Phi) is 4.22. The fourth-order valence-electron chi connectivity index (χ4n) is 4.59. The number of Topliss-reactive ketones (excluding diaryl/α,β-unsaturated/α-hetero) is 1. The van der Waals surface area contributed by atoms with Gasteiger partial charge in [-0.3, -0.25) is 19.6 Å². The Labute approximate surface area is 162 Å². The molecule has 5 rings (SSSR count). The Balaban J connectivity index is 1.67. The van der Waals surface area contributed by atoms with Gasteiger partial charge in [0.1, 0.15) is 5.82 Å². The van der Waals surface area contributed by atoms with Crippen LogP contribution in [0.2, 0.25) is 0 Å². The maximum absolute atomic E-state index is 13.2. The van der Waals surface area contributed by atoms with E-state index in [9.17, 15) is 9.59 Å². The second-order valence-electron chi connectivity index (χ2n) is 7.71. The van der Waals surface area contributed by atoms with Gasteiger partial charge >= 0.3 is 0 Å². The van der Waals surface area contributed by atoms with E-state index in [4.69, 9.17) is 4.98 Å². The predicted molar refractivity (Wildman–Crippen MR) is 107 cm³/mol. The van der Waals surface area contributed by atoms with E-state index in [0.717, 1.165) is 50.0 Å². The minimum Gasteiger partial charge on any atom is -0.343 e. The van der Waals surface area contributed by atoms with Crippen molar-refractivity contribution in [1.29, 1.82) is 0 Å². The average molecular weight is 377 g/mol. The summed E-state index contributed by atoms with van der Waals surface area (Å²) >= 11 is 0. The van der Waals surface area contributed by atoms with Gasteiger partial charge in [-0.1, -0.05) is 0 Å². The van der Waals surface area contributed by atoms with E-state index < -0.39 is 5.92 Å². The molecule has 0 radical (unpaired) electrons. The molecule has 144 valence electrons. The molecule has 2 N–H and O–H groups in total. The quantitative estimate of drug-likeness (QED) is 0.836. The number of H-pyrrole nitrogens is 1. The Morgan fingerprint density at radius 3 is 2.57 bits per heavy atom. The second-order valence-corrected chi connectivity index (χ2v) is 7.71. The molecule has 0 unspecified atom stereocenters. The number of carbonyl (C=O) groups excluding carboxylic acids is 1. The number of pyridine rings is 1. The maximum atomic E-state index is 13.2. The summed E-state index contributed by atoms with van der Waals surface area (Å²) in [6, 6.07) is 3.76. The van der Waals surface area contributed by atoms with Gasteiger partial charge in [-0.05, 0) is 49.8 Å². The number of rotatable bonds is 2. The second kappa shape index (κ2) is 6.89. The minimum absolute atomic E-state index is 0.112. The van der Waals surface area contributed by atoms with Gasteiger partial charge in [-0.25, -0.2) is 0 Å². The number of anilines is 2. The molecule has 28 heavy (non-hydrogen) atoms. The number of nitrogens with one attached hydrogen (secondary N) is 2. The number of carbonyl (C=O) groups is 1. The third kappa shape index (κ3) is 2.82. The number of piperidine rings is 1. The highest BCUT2D eigenvalue weighted by Gasteiger charge is 2.38. The molecule has 2 aromatic heterocycles. The number of hydrogen-bond donors (Lipinski definition) is 2. The predicted octanol–water partition coefficient (Wildman–Crippen LogP) is 2.72. The molecule has 0 amide bonds. The third-order valence-electron chi connectivity index (χ3n) is 5.94. The molecule has 7 heteroatoms. The number of nitrogens with zero attached hydrogens (tertiary/aromatic N) is 3. The fourth-order valence-corrected chi connectivity index (χ4v) is 4.59. The smallest absolute Gasteiger partial charge is 0.258 e. The van der Waals surface area contributed by atoms with Crippen LogP contribution in [0.25, 0.3) is 0 Å². The van der Waals surface area contributed by atoms with E-state index in [0.29, 0.717) is 29.3 Å². The van der Waals surface area contributed by atoms with E-state index in [2.05, 4.69) is 20.2 Å². The topological polar surface area (TPSA) is 91.0 Å². The van der Waals surface area contributed by atoms with Crippen molar-refractivity contribution in [1.82, 2.24) is 15.0 Å². The van der Waals surface area contributed by atoms with Crippen molar-refractivity contribution < 1.29 is 4.79 Å². The summed E-state index contributed by atoms with van der Waals surface area (Å²) in [6.07, 6.45) is 8.99. The Morgan fingerprint density at radius 1 is 1.00 bits per heavy atom. The number of aromatic amines is 1. The van der Waals surface area contributed by atoms with E-state index in [1.165, 1.54) is 6.42 Å². The zero-order valence-electron chi connectivity index (χ0n) is 15.7. The molecule has 3 aliphatic rings. The number of fused-ring (bicyclic) bond motifs is 1. The van der Waals surface area contributed by atoms with Crippen molar-refractivity contribution in [3.05, 3.63) is 57.3 Å². The number of aromatic nitrogens is 3. The van der Waals surface area contributed by atoms with Gasteiger partial charge in [0.25, 0.3) is 5.56 Å². The van der Waals surface area contributed by atoms with Crippen molar-refractivity contribution in [2.24, 2.45) is 0 Å². The molecule has 1 fully saturated rings. The third-order valence-corrected chi connectivity index (χ3v) is 5.94. The van der Waals surface area contributed by atoms with Gasteiger partial charge in [0.2, 0.25) is 5.95 Å². The highest BCUT2D eigenvalue weighted by atomic mass is 16.1. The molecule has 0 saturated carbocycles. The molecule has 2 aliphatic heterocycles. The lowest BCUT2D eigenvalue weighted by molar-refractivity contribution is -0.116. The van der Waals surface area contributed by atoms with Crippen molar-refractivity contribution in [3.8, 4) is 0 Å².